The lowest BCUT2D eigenvalue weighted by molar-refractivity contribution is -0.160. The molecule has 1 fully saturated rings. The fourth-order valence-corrected chi connectivity index (χ4v) is 2.70. The largest absolute Gasteiger partial charge is 0.459 e. The molecule has 6 nitrogen and oxygen atoms in total. The van der Waals surface area contributed by atoms with Crippen LogP contribution in [0.3, 0.4) is 0 Å². The van der Waals surface area contributed by atoms with Gasteiger partial charge in [0.2, 0.25) is 5.78 Å². The van der Waals surface area contributed by atoms with E-state index in [1.807, 2.05) is 25.7 Å². The van der Waals surface area contributed by atoms with Crippen LogP contribution in [-0.4, -0.2) is 52.4 Å². The number of hydrogen-bond donors (Lipinski definition) is 0. The van der Waals surface area contributed by atoms with Gasteiger partial charge in [0, 0.05) is 12.5 Å². The molecule has 6 heteroatoms. The van der Waals surface area contributed by atoms with Crippen molar-refractivity contribution in [3.8, 4) is 0 Å². The van der Waals surface area contributed by atoms with E-state index in [2.05, 4.69) is 11.7 Å². The summed E-state index contributed by atoms with van der Waals surface area (Å²) in [4.78, 5) is 29.1. The van der Waals surface area contributed by atoms with Gasteiger partial charge in [-0.2, -0.15) is 4.79 Å². The first-order valence-corrected chi connectivity index (χ1v) is 7.96. The summed E-state index contributed by atoms with van der Waals surface area (Å²) in [6.07, 6.45) is 4.53. The van der Waals surface area contributed by atoms with Crippen molar-refractivity contribution < 1.29 is 19.1 Å². The molecule has 2 atom stereocenters. The number of carbonyl (C=O) groups is 2. The summed E-state index contributed by atoms with van der Waals surface area (Å²) in [5.41, 5.74) is 7.97. The van der Waals surface area contributed by atoms with Crippen molar-refractivity contribution in [3.05, 3.63) is 5.53 Å². The lowest BCUT2D eigenvalue weighted by Crippen LogP contribution is -2.40. The molecule has 0 aromatic rings. The van der Waals surface area contributed by atoms with Crippen LogP contribution in [0.5, 0.6) is 0 Å². The zero-order valence-corrected chi connectivity index (χ0v) is 14.0. The molecule has 0 aromatic heterocycles. The first-order chi connectivity index (χ1) is 10.3. The molecule has 1 saturated heterocycles. The van der Waals surface area contributed by atoms with E-state index in [0.29, 0.717) is 13.0 Å². The Balaban J connectivity index is 2.77. The van der Waals surface area contributed by atoms with Gasteiger partial charge in [-0.15, -0.1) is 0 Å². The van der Waals surface area contributed by atoms with Crippen LogP contribution >= 0.6 is 0 Å². The van der Waals surface area contributed by atoms with Gasteiger partial charge in [-0.3, -0.25) is 14.5 Å². The maximum absolute atomic E-state index is 12.4. The van der Waals surface area contributed by atoms with E-state index in [4.69, 9.17) is 10.3 Å². The van der Waals surface area contributed by atoms with E-state index in [1.54, 1.807) is 0 Å². The fourth-order valence-electron chi connectivity index (χ4n) is 2.70. The summed E-state index contributed by atoms with van der Waals surface area (Å²) < 4.78 is 5.47. The quantitative estimate of drug-likeness (QED) is 0.237. The van der Waals surface area contributed by atoms with Crippen molar-refractivity contribution in [1.82, 2.24) is 4.90 Å². The molecular weight excluding hydrogens is 282 g/mol. The second-order valence-corrected chi connectivity index (χ2v) is 6.83. The van der Waals surface area contributed by atoms with Crippen molar-refractivity contribution in [2.45, 2.75) is 65.0 Å². The van der Waals surface area contributed by atoms with Crippen molar-refractivity contribution in [2.75, 3.05) is 13.1 Å². The van der Waals surface area contributed by atoms with Gasteiger partial charge < -0.3 is 10.3 Å². The number of rotatable bonds is 7. The van der Waals surface area contributed by atoms with Gasteiger partial charge in [-0.25, -0.2) is 0 Å². The molecule has 0 aliphatic carbocycles. The van der Waals surface area contributed by atoms with E-state index in [-0.39, 0.29) is 17.7 Å². The fraction of sp³-hybridized carbons (Fsp3) is 0.812. The maximum atomic E-state index is 12.4. The molecule has 0 aromatic carbocycles. The Labute approximate surface area is 132 Å². The van der Waals surface area contributed by atoms with Crippen LogP contribution in [-0.2, 0) is 14.3 Å². The summed E-state index contributed by atoms with van der Waals surface area (Å²) >= 11 is 0. The average molecular weight is 309 g/mol. The van der Waals surface area contributed by atoms with Crippen LogP contribution in [0.15, 0.2) is 0 Å². The Kier molecular flexibility index (Phi) is 6.91. The number of carbonyl (C=O) groups excluding carboxylic acids is 2. The molecule has 0 N–H and O–H groups in total. The van der Waals surface area contributed by atoms with Crippen LogP contribution in [0, 0.1) is 5.92 Å². The summed E-state index contributed by atoms with van der Waals surface area (Å²) in [5, 5.41) is 0. The number of nitrogens with zero attached hydrogens (tertiary/aromatic N) is 3. The van der Waals surface area contributed by atoms with Crippen LogP contribution in [0.25, 0.3) is 5.53 Å². The number of esters is 1. The minimum atomic E-state index is -0.541. The van der Waals surface area contributed by atoms with Gasteiger partial charge >= 0.3 is 12.2 Å². The van der Waals surface area contributed by atoms with Crippen molar-refractivity contribution in [2.24, 2.45) is 5.92 Å². The second kappa shape index (κ2) is 8.20. The van der Waals surface area contributed by atoms with Gasteiger partial charge in [0.1, 0.15) is 11.6 Å². The molecule has 2 unspecified atom stereocenters. The Hall–Kier alpha value is -1.52. The zero-order valence-electron chi connectivity index (χ0n) is 14.0. The average Bonchev–Trinajstić information content (AvgIpc) is 2.82. The number of ether oxygens (including phenoxy) is 1. The molecular formula is C16H27N3O3. The molecule has 1 rings (SSSR count). The standard InChI is InChI=1S/C16H27N3O3/c1-5-6-7-8-19-11-12(14(20)10-18-17)9-13(19)15(21)22-16(2,3)4/h10,12-13H,5-9,11H2,1-4H3. The molecule has 1 aliphatic heterocycles. The SMILES string of the molecule is CCCCCN1CC(C(=O)C=[N+]=[N-])CC1C(=O)OC(C)(C)C. The second-order valence-electron chi connectivity index (χ2n) is 6.83. The predicted molar refractivity (Wildman–Crippen MR) is 83.5 cm³/mol. The Morgan fingerprint density at radius 2 is 2.05 bits per heavy atom. The number of unbranched alkanes of at least 4 members (excludes halogenated alkanes) is 2. The van der Waals surface area contributed by atoms with Crippen LogP contribution in [0.4, 0.5) is 0 Å². The first-order valence-electron chi connectivity index (χ1n) is 7.96. The lowest BCUT2D eigenvalue weighted by atomic mass is 10.0. The van der Waals surface area contributed by atoms with Crippen molar-refractivity contribution >= 4 is 18.0 Å². The molecule has 1 heterocycles. The molecule has 0 bridgehead atoms. The number of hydrogen-bond acceptors (Lipinski definition) is 4. The minimum absolute atomic E-state index is 0.242. The van der Waals surface area contributed by atoms with E-state index < -0.39 is 11.6 Å². The molecule has 1 aliphatic rings. The first kappa shape index (κ1) is 18.5. The van der Waals surface area contributed by atoms with E-state index >= 15 is 0 Å². The number of Topliss-reactive ketones (excluding diaryl/α,β-unsaturated/α-hetero) is 1. The predicted octanol–water partition coefficient (Wildman–Crippen LogP) is 2.08. The molecule has 124 valence electrons. The van der Waals surface area contributed by atoms with Crippen LogP contribution in [0.2, 0.25) is 0 Å². The molecule has 22 heavy (non-hydrogen) atoms. The van der Waals surface area contributed by atoms with Gasteiger partial charge in [0.25, 0.3) is 0 Å². The molecule has 0 amide bonds. The molecule has 0 radical (unpaired) electrons. The van der Waals surface area contributed by atoms with E-state index in [9.17, 15) is 9.59 Å². The topological polar surface area (TPSA) is 83.0 Å². The van der Waals surface area contributed by atoms with Crippen molar-refractivity contribution in [1.29, 1.82) is 0 Å². The summed E-state index contributed by atoms with van der Waals surface area (Å²) in [7, 11) is 0. The highest BCUT2D eigenvalue weighted by atomic mass is 16.6. The number of likely N-dealkylation sites (tertiary alicyclic amines) is 1. The van der Waals surface area contributed by atoms with Gasteiger partial charge in [-0.05, 0) is 40.2 Å². The van der Waals surface area contributed by atoms with Crippen LogP contribution < -0.4 is 0 Å². The minimum Gasteiger partial charge on any atom is -0.459 e. The smallest absolute Gasteiger partial charge is 0.323 e. The summed E-state index contributed by atoms with van der Waals surface area (Å²) in [6, 6.07) is -0.392. The van der Waals surface area contributed by atoms with E-state index in [1.165, 1.54) is 0 Å². The number of ketones is 1. The molecule has 0 spiro atoms. The zero-order chi connectivity index (χ0) is 16.8. The monoisotopic (exact) mass is 309 g/mol. The van der Waals surface area contributed by atoms with E-state index in [0.717, 1.165) is 32.0 Å². The van der Waals surface area contributed by atoms with Crippen LogP contribution in [0.1, 0.15) is 53.4 Å². The maximum Gasteiger partial charge on any atom is 0.323 e. The van der Waals surface area contributed by atoms with Crippen molar-refractivity contribution in [3.63, 3.8) is 0 Å². The Morgan fingerprint density at radius 3 is 2.59 bits per heavy atom. The lowest BCUT2D eigenvalue weighted by Gasteiger charge is -2.27. The third-order valence-electron chi connectivity index (χ3n) is 3.72. The highest BCUT2D eigenvalue weighted by Crippen LogP contribution is 2.26. The molecule has 0 saturated carbocycles. The normalized spacial score (nSPS) is 22.2. The van der Waals surface area contributed by atoms with Gasteiger partial charge in [-0.1, -0.05) is 19.8 Å². The highest BCUT2D eigenvalue weighted by Gasteiger charge is 2.41. The Bertz CT molecular complexity index is 450. The van der Waals surface area contributed by atoms with Gasteiger partial charge in [0.15, 0.2) is 0 Å². The summed E-state index contributed by atoms with van der Waals surface area (Å²) in [6.45, 7) is 8.92. The highest BCUT2D eigenvalue weighted by molar-refractivity contribution is 6.26. The Morgan fingerprint density at radius 1 is 1.36 bits per heavy atom. The third-order valence-corrected chi connectivity index (χ3v) is 3.72. The summed E-state index contributed by atoms with van der Waals surface area (Å²) in [5.74, 6) is -0.829. The van der Waals surface area contributed by atoms with Gasteiger partial charge in [0.05, 0.1) is 0 Å². The third kappa shape index (κ3) is 5.70.